The van der Waals surface area contributed by atoms with Gasteiger partial charge in [-0.1, -0.05) is 0 Å². The first-order valence-electron chi connectivity index (χ1n) is 7.73. The number of nitrogens with zero attached hydrogens (tertiary/aromatic N) is 8. The Labute approximate surface area is 141 Å². The summed E-state index contributed by atoms with van der Waals surface area (Å²) in [7, 11) is 1.55. The molecule has 3 aromatic rings. The molecule has 0 aromatic carbocycles. The van der Waals surface area contributed by atoms with Crippen molar-refractivity contribution in [1.82, 2.24) is 34.7 Å². The summed E-state index contributed by atoms with van der Waals surface area (Å²) in [5.74, 6) is 1.76. The standard InChI is InChI=1S/C14H15N9O2/c1-8(16-9-3-4-9)17-10-5-6-11-18-19-14(22(11)20-10)13-15-7-12(21(13)2)23(24)25/h5-7,9H,3-4H2,1-2H3,(H,16,17,20). The van der Waals surface area contributed by atoms with Gasteiger partial charge in [0.15, 0.2) is 11.5 Å². The molecule has 0 saturated heterocycles. The third kappa shape index (κ3) is 2.79. The van der Waals surface area contributed by atoms with Gasteiger partial charge in [0.25, 0.3) is 5.82 Å². The lowest BCUT2D eigenvalue weighted by Gasteiger charge is -2.03. The molecule has 11 heteroatoms. The molecular weight excluding hydrogens is 326 g/mol. The molecule has 0 bridgehead atoms. The predicted octanol–water partition coefficient (Wildman–Crippen LogP) is 1.23. The number of aliphatic imine (C=N–C) groups is 1. The smallest absolute Gasteiger partial charge is 0.343 e. The maximum Gasteiger partial charge on any atom is 0.343 e. The zero-order valence-electron chi connectivity index (χ0n) is 13.6. The van der Waals surface area contributed by atoms with Gasteiger partial charge in [-0.3, -0.25) is 0 Å². The lowest BCUT2D eigenvalue weighted by Crippen LogP contribution is -2.22. The lowest BCUT2D eigenvalue weighted by atomic mass is 10.5. The van der Waals surface area contributed by atoms with E-state index in [-0.39, 0.29) is 5.82 Å². The van der Waals surface area contributed by atoms with E-state index in [0.29, 0.717) is 29.2 Å². The average Bonchev–Trinajstić information content (AvgIpc) is 3.14. The van der Waals surface area contributed by atoms with E-state index in [1.807, 2.05) is 6.92 Å². The molecule has 0 aliphatic heterocycles. The first-order valence-corrected chi connectivity index (χ1v) is 7.73. The molecule has 1 aliphatic carbocycles. The maximum absolute atomic E-state index is 11.0. The van der Waals surface area contributed by atoms with Crippen molar-refractivity contribution in [3.05, 3.63) is 28.4 Å². The van der Waals surface area contributed by atoms with Crippen molar-refractivity contribution in [2.24, 2.45) is 12.0 Å². The minimum atomic E-state index is -0.504. The predicted molar refractivity (Wildman–Crippen MR) is 88.6 cm³/mol. The summed E-state index contributed by atoms with van der Waals surface area (Å²) in [5.41, 5.74) is 0.507. The molecular formula is C14H15N9O2. The summed E-state index contributed by atoms with van der Waals surface area (Å²) in [6.45, 7) is 1.89. The quantitative estimate of drug-likeness (QED) is 0.327. The van der Waals surface area contributed by atoms with E-state index in [2.05, 4.69) is 30.6 Å². The van der Waals surface area contributed by atoms with Crippen LogP contribution in [0.15, 0.2) is 23.3 Å². The zero-order chi connectivity index (χ0) is 17.6. The van der Waals surface area contributed by atoms with E-state index in [9.17, 15) is 10.1 Å². The van der Waals surface area contributed by atoms with Gasteiger partial charge >= 0.3 is 5.82 Å². The Morgan fingerprint density at radius 3 is 2.84 bits per heavy atom. The largest absolute Gasteiger partial charge is 0.371 e. The minimum absolute atomic E-state index is 0.134. The van der Waals surface area contributed by atoms with Crippen LogP contribution in [-0.2, 0) is 7.05 Å². The summed E-state index contributed by atoms with van der Waals surface area (Å²) in [6, 6.07) is 3.99. The summed E-state index contributed by atoms with van der Waals surface area (Å²) >= 11 is 0. The van der Waals surface area contributed by atoms with Crippen LogP contribution in [0.25, 0.3) is 17.3 Å². The summed E-state index contributed by atoms with van der Waals surface area (Å²) in [4.78, 5) is 19.0. The van der Waals surface area contributed by atoms with Gasteiger partial charge in [0, 0.05) is 6.04 Å². The van der Waals surface area contributed by atoms with Gasteiger partial charge in [0.05, 0.1) is 7.05 Å². The third-order valence-corrected chi connectivity index (χ3v) is 3.87. The van der Waals surface area contributed by atoms with Crippen LogP contribution in [0.5, 0.6) is 0 Å². The van der Waals surface area contributed by atoms with Gasteiger partial charge in [-0.15, -0.1) is 15.3 Å². The highest BCUT2D eigenvalue weighted by Gasteiger charge is 2.23. The molecule has 0 radical (unpaired) electrons. The van der Waals surface area contributed by atoms with Crippen molar-refractivity contribution >= 4 is 23.1 Å². The molecule has 3 heterocycles. The SMILES string of the molecule is CC(=Nc1ccc2nnc(-c3ncc([N+](=O)[O-])n3C)n2n1)NC1CC1. The van der Waals surface area contributed by atoms with Gasteiger partial charge < -0.3 is 15.4 Å². The van der Waals surface area contributed by atoms with Crippen LogP contribution in [0.2, 0.25) is 0 Å². The second-order valence-corrected chi connectivity index (χ2v) is 5.86. The lowest BCUT2D eigenvalue weighted by molar-refractivity contribution is -0.391. The van der Waals surface area contributed by atoms with E-state index in [1.54, 1.807) is 19.2 Å². The van der Waals surface area contributed by atoms with Crippen LogP contribution in [0.1, 0.15) is 19.8 Å². The Kier molecular flexibility index (Phi) is 3.41. The fraction of sp³-hybridized carbons (Fsp3) is 0.357. The molecule has 0 unspecified atom stereocenters. The highest BCUT2D eigenvalue weighted by molar-refractivity contribution is 5.82. The molecule has 1 aliphatic rings. The van der Waals surface area contributed by atoms with Crippen LogP contribution in [0.4, 0.5) is 11.6 Å². The average molecular weight is 341 g/mol. The summed E-state index contributed by atoms with van der Waals surface area (Å²) < 4.78 is 2.82. The van der Waals surface area contributed by atoms with Crippen LogP contribution < -0.4 is 5.32 Å². The van der Waals surface area contributed by atoms with Gasteiger partial charge in [0.2, 0.25) is 5.82 Å². The number of hydrogen-bond acceptors (Lipinski definition) is 7. The van der Waals surface area contributed by atoms with E-state index < -0.39 is 4.92 Å². The van der Waals surface area contributed by atoms with E-state index in [1.165, 1.54) is 15.3 Å². The number of imidazole rings is 1. The second-order valence-electron chi connectivity index (χ2n) is 5.86. The molecule has 0 atom stereocenters. The number of aromatic nitrogens is 6. The fourth-order valence-electron chi connectivity index (χ4n) is 2.48. The number of hydrogen-bond donors (Lipinski definition) is 1. The molecule has 0 spiro atoms. The fourth-order valence-corrected chi connectivity index (χ4v) is 2.48. The maximum atomic E-state index is 11.0. The molecule has 25 heavy (non-hydrogen) atoms. The van der Waals surface area contributed by atoms with Crippen molar-refractivity contribution in [2.75, 3.05) is 0 Å². The van der Waals surface area contributed by atoms with E-state index in [0.717, 1.165) is 18.7 Å². The van der Waals surface area contributed by atoms with Gasteiger partial charge in [-0.25, -0.2) is 14.5 Å². The number of rotatable bonds is 4. The van der Waals surface area contributed by atoms with E-state index in [4.69, 9.17) is 0 Å². The monoisotopic (exact) mass is 341 g/mol. The van der Waals surface area contributed by atoms with Crippen LogP contribution >= 0.6 is 0 Å². The molecule has 4 rings (SSSR count). The minimum Gasteiger partial charge on any atom is -0.371 e. The van der Waals surface area contributed by atoms with Crippen molar-refractivity contribution < 1.29 is 4.92 Å². The Morgan fingerprint density at radius 2 is 2.16 bits per heavy atom. The summed E-state index contributed by atoms with van der Waals surface area (Å²) in [5, 5.41) is 26.8. The number of amidine groups is 1. The highest BCUT2D eigenvalue weighted by atomic mass is 16.6. The molecule has 1 N–H and O–H groups in total. The van der Waals surface area contributed by atoms with Gasteiger partial charge in [0.1, 0.15) is 12.0 Å². The molecule has 1 fully saturated rings. The van der Waals surface area contributed by atoms with Crippen molar-refractivity contribution in [2.45, 2.75) is 25.8 Å². The first-order chi connectivity index (χ1) is 12.0. The van der Waals surface area contributed by atoms with Crippen molar-refractivity contribution in [3.63, 3.8) is 0 Å². The molecule has 128 valence electrons. The number of nitro groups is 1. The molecule has 1 saturated carbocycles. The van der Waals surface area contributed by atoms with Gasteiger partial charge in [-0.05, 0) is 36.8 Å². The van der Waals surface area contributed by atoms with Gasteiger partial charge in [-0.2, -0.15) is 4.52 Å². The van der Waals surface area contributed by atoms with Crippen molar-refractivity contribution in [3.8, 4) is 11.6 Å². The number of nitrogens with one attached hydrogen (secondary N) is 1. The third-order valence-electron chi connectivity index (χ3n) is 3.87. The topological polar surface area (TPSA) is 128 Å². The zero-order valence-corrected chi connectivity index (χ0v) is 13.6. The molecule has 11 nitrogen and oxygen atoms in total. The molecule has 0 amide bonds. The van der Waals surface area contributed by atoms with Crippen LogP contribution in [0, 0.1) is 10.1 Å². The normalized spacial score (nSPS) is 14.9. The Hall–Kier alpha value is -3.37. The summed E-state index contributed by atoms with van der Waals surface area (Å²) in [6.07, 6.45) is 3.50. The Bertz CT molecular complexity index is 999. The first kappa shape index (κ1) is 15.2. The van der Waals surface area contributed by atoms with E-state index >= 15 is 0 Å². The highest BCUT2D eigenvalue weighted by Crippen LogP contribution is 2.22. The second kappa shape index (κ2) is 5.61. The number of fused-ring (bicyclic) bond motifs is 1. The Balaban J connectivity index is 1.75. The Morgan fingerprint density at radius 1 is 1.36 bits per heavy atom. The molecule has 3 aromatic heterocycles. The van der Waals surface area contributed by atoms with Crippen molar-refractivity contribution in [1.29, 1.82) is 0 Å². The van der Waals surface area contributed by atoms with Crippen LogP contribution in [-0.4, -0.2) is 46.2 Å². The van der Waals surface area contributed by atoms with Crippen LogP contribution in [0.3, 0.4) is 0 Å².